The number of nitrogens with one attached hydrogen (secondary N) is 1. The van der Waals surface area contributed by atoms with Crippen molar-refractivity contribution < 1.29 is 17.4 Å². The van der Waals surface area contributed by atoms with Gasteiger partial charge in [-0.3, -0.25) is 9.89 Å². The lowest BCUT2D eigenvalue weighted by Gasteiger charge is -2.32. The van der Waals surface area contributed by atoms with E-state index in [1.807, 2.05) is 24.0 Å². The van der Waals surface area contributed by atoms with Crippen molar-refractivity contribution in [3.63, 3.8) is 0 Å². The Morgan fingerprint density at radius 1 is 1.13 bits per heavy atom. The summed E-state index contributed by atoms with van der Waals surface area (Å²) in [6.45, 7) is 4.88. The largest absolute Gasteiger partial charge is 0.379 e. The number of aromatic nitrogens is 2. The van der Waals surface area contributed by atoms with Crippen LogP contribution in [0, 0.1) is 13.8 Å². The van der Waals surface area contributed by atoms with E-state index in [0.717, 1.165) is 24.1 Å². The molecule has 7 nitrogen and oxygen atoms in total. The van der Waals surface area contributed by atoms with Crippen LogP contribution in [0.1, 0.15) is 45.9 Å². The van der Waals surface area contributed by atoms with E-state index in [2.05, 4.69) is 10.2 Å². The number of carbonyl (C=O) groups is 1. The van der Waals surface area contributed by atoms with Gasteiger partial charge in [-0.05, 0) is 74.2 Å². The van der Waals surface area contributed by atoms with Gasteiger partial charge in [0.25, 0.3) is 5.91 Å². The first-order chi connectivity index (χ1) is 14.8. The van der Waals surface area contributed by atoms with Gasteiger partial charge in [0.1, 0.15) is 10.6 Å². The van der Waals surface area contributed by atoms with Gasteiger partial charge in [0.15, 0.2) is 0 Å². The van der Waals surface area contributed by atoms with Crippen LogP contribution in [0.15, 0.2) is 59.6 Å². The molecule has 0 aliphatic carbocycles. The highest BCUT2D eigenvalue weighted by Crippen LogP contribution is 2.27. The third kappa shape index (κ3) is 4.64. The minimum atomic E-state index is -3.96. The fraction of sp³-hybridized carbons (Fsp3) is 0.304. The molecular weight excluding hydrogens is 414 g/mol. The summed E-state index contributed by atoms with van der Waals surface area (Å²) >= 11 is 0. The van der Waals surface area contributed by atoms with Crippen LogP contribution in [0.3, 0.4) is 0 Å². The lowest BCUT2D eigenvalue weighted by Crippen LogP contribution is -2.39. The average molecular weight is 440 g/mol. The lowest BCUT2D eigenvalue weighted by atomic mass is 9.94. The first-order valence-electron chi connectivity index (χ1n) is 10.2. The number of likely N-dealkylation sites (tertiary alicyclic amines) is 1. The fourth-order valence-corrected chi connectivity index (χ4v) is 5.14. The van der Waals surface area contributed by atoms with Crippen molar-refractivity contribution in [2.24, 2.45) is 0 Å². The number of hydrogen-bond acceptors (Lipinski definition) is 5. The molecule has 162 valence electrons. The molecule has 1 aliphatic heterocycles. The monoisotopic (exact) mass is 439 g/mol. The second kappa shape index (κ2) is 8.55. The average Bonchev–Trinajstić information content (AvgIpc) is 3.30. The summed E-state index contributed by atoms with van der Waals surface area (Å²) in [6, 6.07) is 13.4. The van der Waals surface area contributed by atoms with E-state index < -0.39 is 10.1 Å². The summed E-state index contributed by atoms with van der Waals surface area (Å²) in [4.78, 5) is 14.9. The van der Waals surface area contributed by atoms with Crippen molar-refractivity contribution in [1.29, 1.82) is 0 Å². The predicted molar refractivity (Wildman–Crippen MR) is 117 cm³/mol. The number of carbonyl (C=O) groups excluding carboxylic acids is 1. The zero-order valence-corrected chi connectivity index (χ0v) is 18.4. The summed E-state index contributed by atoms with van der Waals surface area (Å²) in [6.07, 6.45) is 3.65. The molecule has 0 saturated carbocycles. The normalized spacial score (nSPS) is 16.8. The highest BCUT2D eigenvalue weighted by Gasteiger charge is 2.26. The predicted octanol–water partition coefficient (Wildman–Crippen LogP) is 3.81. The third-order valence-corrected chi connectivity index (χ3v) is 6.98. The van der Waals surface area contributed by atoms with Crippen molar-refractivity contribution in [3.8, 4) is 5.75 Å². The highest BCUT2D eigenvalue weighted by atomic mass is 32.2. The number of rotatable bonds is 5. The molecule has 3 aromatic rings. The quantitative estimate of drug-likeness (QED) is 0.610. The maximum absolute atomic E-state index is 13.0. The molecule has 1 atom stereocenters. The van der Waals surface area contributed by atoms with E-state index >= 15 is 0 Å². The SMILES string of the molecule is Cc1ccc(C)c(S(=O)(=O)Oc2ccc(C(=O)N3CCC[C@H](c4ccn[nH]4)C3)cc2)c1. The van der Waals surface area contributed by atoms with Crippen molar-refractivity contribution in [3.05, 3.63) is 77.1 Å². The second-order valence-corrected chi connectivity index (χ2v) is 9.45. The fourth-order valence-electron chi connectivity index (χ4n) is 3.89. The topological polar surface area (TPSA) is 92.4 Å². The van der Waals surface area contributed by atoms with Crippen molar-refractivity contribution >= 4 is 16.0 Å². The molecule has 0 radical (unpaired) electrons. The van der Waals surface area contributed by atoms with Crippen LogP contribution in [0.4, 0.5) is 0 Å². The van der Waals surface area contributed by atoms with Crippen molar-refractivity contribution in [2.75, 3.05) is 13.1 Å². The van der Waals surface area contributed by atoms with Gasteiger partial charge in [-0.15, -0.1) is 0 Å². The third-order valence-electron chi connectivity index (χ3n) is 5.59. The number of amides is 1. The maximum Gasteiger partial charge on any atom is 0.339 e. The number of H-pyrrole nitrogens is 1. The Kier molecular flexibility index (Phi) is 5.82. The van der Waals surface area contributed by atoms with Crippen LogP contribution in [-0.4, -0.2) is 42.5 Å². The molecule has 0 bridgehead atoms. The van der Waals surface area contributed by atoms with Gasteiger partial charge >= 0.3 is 10.1 Å². The summed E-state index contributed by atoms with van der Waals surface area (Å²) in [7, 11) is -3.96. The summed E-state index contributed by atoms with van der Waals surface area (Å²) in [5.41, 5.74) is 3.00. The summed E-state index contributed by atoms with van der Waals surface area (Å²) in [5.74, 6) is 0.338. The van der Waals surface area contributed by atoms with E-state index in [-0.39, 0.29) is 22.5 Å². The molecule has 2 aromatic carbocycles. The molecule has 1 aliphatic rings. The van der Waals surface area contributed by atoms with E-state index in [4.69, 9.17) is 4.18 Å². The van der Waals surface area contributed by atoms with Gasteiger partial charge in [-0.25, -0.2) is 0 Å². The minimum Gasteiger partial charge on any atom is -0.379 e. The van der Waals surface area contributed by atoms with Crippen LogP contribution in [0.2, 0.25) is 0 Å². The van der Waals surface area contributed by atoms with Gasteiger partial charge in [-0.1, -0.05) is 12.1 Å². The standard InChI is InChI=1S/C23H25N3O4S/c1-16-5-6-17(2)22(14-16)31(28,29)30-20-9-7-18(8-10-20)23(27)26-13-3-4-19(15-26)21-11-12-24-25-21/h5-12,14,19H,3-4,13,15H2,1-2H3,(H,24,25)/t19-/m0/s1. The van der Waals surface area contributed by atoms with Gasteiger partial charge in [0, 0.05) is 36.5 Å². The Bertz CT molecular complexity index is 1170. The van der Waals surface area contributed by atoms with Crippen LogP contribution in [0.25, 0.3) is 0 Å². The van der Waals surface area contributed by atoms with Crippen LogP contribution in [-0.2, 0) is 10.1 Å². The number of aromatic amines is 1. The number of nitrogens with zero attached hydrogens (tertiary/aromatic N) is 2. The number of piperidine rings is 1. The Hall–Kier alpha value is -3.13. The second-order valence-electron chi connectivity index (χ2n) is 7.93. The van der Waals surface area contributed by atoms with Gasteiger partial charge in [-0.2, -0.15) is 13.5 Å². The first kappa shape index (κ1) is 21.1. The smallest absolute Gasteiger partial charge is 0.339 e. The van der Waals surface area contributed by atoms with Crippen molar-refractivity contribution in [2.45, 2.75) is 37.5 Å². The Labute approximate surface area is 182 Å². The van der Waals surface area contributed by atoms with E-state index in [9.17, 15) is 13.2 Å². The lowest BCUT2D eigenvalue weighted by molar-refractivity contribution is 0.0706. The molecule has 1 N–H and O–H groups in total. The molecule has 1 fully saturated rings. The van der Waals surface area contributed by atoms with Crippen LogP contribution in [0.5, 0.6) is 5.75 Å². The Morgan fingerprint density at radius 2 is 1.90 bits per heavy atom. The maximum atomic E-state index is 13.0. The van der Waals surface area contributed by atoms with E-state index in [1.165, 1.54) is 12.1 Å². The molecule has 0 spiro atoms. The first-order valence-corrected chi connectivity index (χ1v) is 11.6. The number of benzene rings is 2. The highest BCUT2D eigenvalue weighted by molar-refractivity contribution is 7.87. The zero-order valence-electron chi connectivity index (χ0n) is 17.5. The molecular formula is C23H25N3O4S. The van der Waals surface area contributed by atoms with E-state index in [1.54, 1.807) is 37.4 Å². The molecule has 1 amide bonds. The van der Waals surface area contributed by atoms with Crippen LogP contribution < -0.4 is 4.18 Å². The number of hydrogen-bond donors (Lipinski definition) is 1. The molecule has 4 rings (SSSR count). The van der Waals surface area contributed by atoms with Crippen LogP contribution >= 0.6 is 0 Å². The van der Waals surface area contributed by atoms with E-state index in [0.29, 0.717) is 24.2 Å². The summed E-state index contributed by atoms with van der Waals surface area (Å²) < 4.78 is 30.7. The molecule has 2 heterocycles. The molecule has 1 aromatic heterocycles. The van der Waals surface area contributed by atoms with Gasteiger partial charge < -0.3 is 9.08 Å². The molecule has 0 unspecified atom stereocenters. The number of aryl methyl sites for hydroxylation is 2. The summed E-state index contributed by atoms with van der Waals surface area (Å²) in [5, 5.41) is 7.00. The molecule has 1 saturated heterocycles. The molecule has 31 heavy (non-hydrogen) atoms. The Balaban J connectivity index is 1.46. The Morgan fingerprint density at radius 3 is 2.61 bits per heavy atom. The zero-order chi connectivity index (χ0) is 22.0. The van der Waals surface area contributed by atoms with Crippen molar-refractivity contribution in [1.82, 2.24) is 15.1 Å². The van der Waals surface area contributed by atoms with Gasteiger partial charge in [0.05, 0.1) is 0 Å². The minimum absolute atomic E-state index is 0.0758. The molecule has 8 heteroatoms. The van der Waals surface area contributed by atoms with Gasteiger partial charge in [0.2, 0.25) is 0 Å².